The molecule has 0 aliphatic heterocycles. The fourth-order valence-electron chi connectivity index (χ4n) is 1.55. The third-order valence-corrected chi connectivity index (χ3v) is 2.32. The number of aromatic nitrogens is 1. The van der Waals surface area contributed by atoms with E-state index in [4.69, 9.17) is 0 Å². The van der Waals surface area contributed by atoms with Crippen LogP contribution in [0.4, 0.5) is 8.78 Å². The Morgan fingerprint density at radius 3 is 2.56 bits per heavy atom. The Balaban J connectivity index is 0.00000162. The van der Waals surface area contributed by atoms with Gasteiger partial charge in [-0.1, -0.05) is 0 Å². The van der Waals surface area contributed by atoms with Crippen LogP contribution in [0.5, 0.6) is 0 Å². The normalized spacial score (nSPS) is 9.94. The van der Waals surface area contributed by atoms with Gasteiger partial charge in [0.2, 0.25) is 0 Å². The standard InChI is InChI=1S/C11H7F2NO3.ClH/c1-17-11(16)10(15)7-4-14-9-6(7)2-5(12)3-8(9)13;/h2-4,14H,1H3;1H. The first kappa shape index (κ1) is 14.1. The van der Waals surface area contributed by atoms with Crippen LogP contribution < -0.4 is 0 Å². The van der Waals surface area contributed by atoms with E-state index >= 15 is 0 Å². The van der Waals surface area contributed by atoms with Gasteiger partial charge in [0.15, 0.2) is 0 Å². The maximum absolute atomic E-state index is 13.3. The van der Waals surface area contributed by atoms with E-state index in [-0.39, 0.29) is 28.9 Å². The lowest BCUT2D eigenvalue weighted by Gasteiger charge is -1.98. The number of carbonyl (C=O) groups excluding carboxylic acids is 2. The highest BCUT2D eigenvalue weighted by atomic mass is 35.5. The molecule has 0 bridgehead atoms. The molecular weight excluding hydrogens is 268 g/mol. The van der Waals surface area contributed by atoms with Crippen molar-refractivity contribution in [1.82, 2.24) is 4.98 Å². The number of halogens is 3. The summed E-state index contributed by atoms with van der Waals surface area (Å²) in [5.41, 5.74) is -0.149. The zero-order valence-electron chi connectivity index (χ0n) is 9.12. The van der Waals surface area contributed by atoms with Gasteiger partial charge < -0.3 is 9.72 Å². The highest BCUT2D eigenvalue weighted by Crippen LogP contribution is 2.23. The predicted molar refractivity (Wildman–Crippen MR) is 61.8 cm³/mol. The topological polar surface area (TPSA) is 59.2 Å². The Labute approximate surface area is 106 Å². The number of Topliss-reactive ketones (excluding diaryl/α,β-unsaturated/α-hetero) is 1. The number of hydrogen-bond acceptors (Lipinski definition) is 3. The molecule has 0 saturated carbocycles. The SMILES string of the molecule is COC(=O)C(=O)c1c[nH]c2c(F)cc(F)cc12.Cl. The largest absolute Gasteiger partial charge is 0.463 e. The molecule has 0 atom stereocenters. The number of ketones is 1. The monoisotopic (exact) mass is 275 g/mol. The predicted octanol–water partition coefficient (Wildman–Crippen LogP) is 2.22. The van der Waals surface area contributed by atoms with Gasteiger partial charge in [0.25, 0.3) is 5.78 Å². The van der Waals surface area contributed by atoms with Gasteiger partial charge >= 0.3 is 5.97 Å². The highest BCUT2D eigenvalue weighted by Gasteiger charge is 2.22. The molecule has 0 fully saturated rings. The Bertz CT molecular complexity index is 624. The molecule has 4 nitrogen and oxygen atoms in total. The highest BCUT2D eigenvalue weighted by molar-refractivity contribution is 6.42. The third kappa shape index (κ3) is 2.19. The number of hydrogen-bond donors (Lipinski definition) is 1. The quantitative estimate of drug-likeness (QED) is 0.519. The molecule has 96 valence electrons. The second kappa shape index (κ2) is 5.14. The maximum atomic E-state index is 13.3. The van der Waals surface area contributed by atoms with Crippen molar-refractivity contribution in [3.05, 3.63) is 35.5 Å². The smallest absolute Gasteiger partial charge is 0.379 e. The van der Waals surface area contributed by atoms with Crippen LogP contribution in [0.1, 0.15) is 10.4 Å². The van der Waals surface area contributed by atoms with Crippen molar-refractivity contribution in [2.45, 2.75) is 0 Å². The van der Waals surface area contributed by atoms with Gasteiger partial charge in [-0.2, -0.15) is 0 Å². The van der Waals surface area contributed by atoms with Crippen LogP contribution in [0, 0.1) is 11.6 Å². The van der Waals surface area contributed by atoms with Crippen molar-refractivity contribution in [2.75, 3.05) is 7.11 Å². The molecule has 0 unspecified atom stereocenters. The lowest BCUT2D eigenvalue weighted by Crippen LogP contribution is -2.15. The number of fused-ring (bicyclic) bond motifs is 1. The minimum absolute atomic E-state index is 0. The first-order valence-corrected chi connectivity index (χ1v) is 4.63. The van der Waals surface area contributed by atoms with Gasteiger partial charge in [-0.05, 0) is 6.07 Å². The molecule has 1 aromatic heterocycles. The molecule has 2 aromatic rings. The molecule has 0 aliphatic carbocycles. The number of rotatable bonds is 2. The molecule has 0 radical (unpaired) electrons. The number of esters is 1. The van der Waals surface area contributed by atoms with E-state index in [0.717, 1.165) is 19.4 Å². The Hall–Kier alpha value is -1.95. The first-order valence-electron chi connectivity index (χ1n) is 4.63. The average molecular weight is 276 g/mol. The summed E-state index contributed by atoms with van der Waals surface area (Å²) in [7, 11) is 1.05. The van der Waals surface area contributed by atoms with Gasteiger partial charge in [-0.25, -0.2) is 13.6 Å². The molecule has 0 amide bonds. The van der Waals surface area contributed by atoms with Crippen LogP contribution in [0.15, 0.2) is 18.3 Å². The molecular formula is C11H8ClF2NO3. The van der Waals surface area contributed by atoms with Gasteiger partial charge in [0.05, 0.1) is 18.2 Å². The lowest BCUT2D eigenvalue weighted by molar-refractivity contribution is -0.135. The van der Waals surface area contributed by atoms with E-state index < -0.39 is 23.4 Å². The maximum Gasteiger partial charge on any atom is 0.379 e. The summed E-state index contributed by atoms with van der Waals surface area (Å²) in [4.78, 5) is 25.1. The number of carbonyl (C=O) groups is 2. The molecule has 0 aliphatic rings. The van der Waals surface area contributed by atoms with E-state index in [1.54, 1.807) is 0 Å². The van der Waals surface area contributed by atoms with Crippen molar-refractivity contribution in [2.24, 2.45) is 0 Å². The van der Waals surface area contributed by atoms with Crippen LogP contribution in [0.2, 0.25) is 0 Å². The molecule has 1 N–H and O–H groups in total. The van der Waals surface area contributed by atoms with Crippen LogP contribution in [0.25, 0.3) is 10.9 Å². The fraction of sp³-hybridized carbons (Fsp3) is 0.0909. The number of ether oxygens (including phenoxy) is 1. The number of benzene rings is 1. The van der Waals surface area contributed by atoms with E-state index in [1.807, 2.05) is 0 Å². The lowest BCUT2D eigenvalue weighted by atomic mass is 10.1. The van der Waals surface area contributed by atoms with Crippen molar-refractivity contribution in [1.29, 1.82) is 0 Å². The van der Waals surface area contributed by atoms with Crippen LogP contribution in [-0.4, -0.2) is 23.8 Å². The summed E-state index contributed by atoms with van der Waals surface area (Å²) in [6.45, 7) is 0. The van der Waals surface area contributed by atoms with Crippen molar-refractivity contribution >= 4 is 35.1 Å². The van der Waals surface area contributed by atoms with Gasteiger partial charge in [-0.15, -0.1) is 12.4 Å². The van der Waals surface area contributed by atoms with E-state index in [0.29, 0.717) is 6.07 Å². The third-order valence-electron chi connectivity index (χ3n) is 2.32. The number of H-pyrrole nitrogens is 1. The van der Waals surface area contributed by atoms with Crippen LogP contribution in [-0.2, 0) is 9.53 Å². The molecule has 0 saturated heterocycles. The van der Waals surface area contributed by atoms with E-state index in [2.05, 4.69) is 9.72 Å². The summed E-state index contributed by atoms with van der Waals surface area (Å²) in [5.74, 6) is -3.70. The van der Waals surface area contributed by atoms with Crippen LogP contribution >= 0.6 is 12.4 Å². The second-order valence-corrected chi connectivity index (χ2v) is 3.33. The summed E-state index contributed by atoms with van der Waals surface area (Å²) < 4.78 is 30.6. The van der Waals surface area contributed by atoms with Crippen LogP contribution in [0.3, 0.4) is 0 Å². The van der Waals surface area contributed by atoms with Gasteiger partial charge in [0.1, 0.15) is 11.6 Å². The van der Waals surface area contributed by atoms with E-state index in [1.165, 1.54) is 0 Å². The minimum Gasteiger partial charge on any atom is -0.463 e. The first-order chi connectivity index (χ1) is 8.04. The summed E-state index contributed by atoms with van der Waals surface area (Å²) >= 11 is 0. The summed E-state index contributed by atoms with van der Waals surface area (Å²) in [6, 6.07) is 1.66. The zero-order valence-corrected chi connectivity index (χ0v) is 9.94. The Morgan fingerprint density at radius 1 is 1.28 bits per heavy atom. The minimum atomic E-state index is -1.09. The van der Waals surface area contributed by atoms with Crippen molar-refractivity contribution in [3.8, 4) is 0 Å². The van der Waals surface area contributed by atoms with Gasteiger partial charge in [0, 0.05) is 17.6 Å². The average Bonchev–Trinajstić information content (AvgIpc) is 2.70. The molecule has 0 spiro atoms. The van der Waals surface area contributed by atoms with Crippen molar-refractivity contribution < 1.29 is 23.1 Å². The number of nitrogens with one attached hydrogen (secondary N) is 1. The molecule has 1 aromatic carbocycles. The molecule has 2 rings (SSSR count). The fourth-order valence-corrected chi connectivity index (χ4v) is 1.55. The molecule has 7 heteroatoms. The number of aromatic amines is 1. The van der Waals surface area contributed by atoms with E-state index in [9.17, 15) is 18.4 Å². The molecule has 18 heavy (non-hydrogen) atoms. The number of methoxy groups -OCH3 is 1. The Morgan fingerprint density at radius 2 is 1.94 bits per heavy atom. The van der Waals surface area contributed by atoms with Crippen molar-refractivity contribution in [3.63, 3.8) is 0 Å². The van der Waals surface area contributed by atoms with Gasteiger partial charge in [-0.3, -0.25) is 4.79 Å². The Kier molecular flexibility index (Phi) is 4.03. The summed E-state index contributed by atoms with van der Waals surface area (Å²) in [6.07, 6.45) is 1.15. The summed E-state index contributed by atoms with van der Waals surface area (Å²) in [5, 5.41) is 0.0119. The molecule has 1 heterocycles. The zero-order chi connectivity index (χ0) is 12.6. The second-order valence-electron chi connectivity index (χ2n) is 3.33.